The molecule has 1 unspecified atom stereocenters. The second-order valence-electron chi connectivity index (χ2n) is 7.56. The van der Waals surface area contributed by atoms with Gasteiger partial charge in [0.05, 0.1) is 19.1 Å². The van der Waals surface area contributed by atoms with Gasteiger partial charge in [0.2, 0.25) is 12.7 Å². The van der Waals surface area contributed by atoms with Crippen molar-refractivity contribution < 1.29 is 23.8 Å². The number of hydrogen-bond acceptors (Lipinski definition) is 6. The highest BCUT2D eigenvalue weighted by Crippen LogP contribution is 2.35. The van der Waals surface area contributed by atoms with E-state index >= 15 is 0 Å². The molecule has 1 heterocycles. The Bertz CT molecular complexity index is 959. The average molecular weight is 440 g/mol. The Morgan fingerprint density at radius 1 is 1.12 bits per heavy atom. The van der Waals surface area contributed by atoms with Crippen LogP contribution < -0.4 is 20.5 Å². The molecule has 8 nitrogen and oxygen atoms in total. The molecule has 0 spiro atoms. The molecule has 4 N–H and O–H groups in total. The fourth-order valence-electron chi connectivity index (χ4n) is 3.50. The number of hydrogen-bond donors (Lipinski definition) is 3. The van der Waals surface area contributed by atoms with Crippen molar-refractivity contribution in [2.45, 2.75) is 45.1 Å². The zero-order chi connectivity index (χ0) is 22.9. The third-order valence-electron chi connectivity index (χ3n) is 5.19. The maximum atomic E-state index is 12.6. The molecule has 8 heteroatoms. The summed E-state index contributed by atoms with van der Waals surface area (Å²) in [6, 6.07) is 12.4. The summed E-state index contributed by atoms with van der Waals surface area (Å²) in [4.78, 5) is 24.6. The van der Waals surface area contributed by atoms with Gasteiger partial charge in [0, 0.05) is 12.0 Å². The van der Waals surface area contributed by atoms with E-state index in [9.17, 15) is 9.59 Å². The lowest BCUT2D eigenvalue weighted by molar-refractivity contribution is -0.143. The molecule has 0 saturated heterocycles. The summed E-state index contributed by atoms with van der Waals surface area (Å²) < 4.78 is 15.8. The second kappa shape index (κ2) is 11.2. The molecule has 0 fully saturated rings. The maximum absolute atomic E-state index is 12.6. The number of rotatable bonds is 11. The van der Waals surface area contributed by atoms with Crippen LogP contribution in [-0.4, -0.2) is 31.1 Å². The Hall–Kier alpha value is -3.55. The lowest BCUT2D eigenvalue weighted by Gasteiger charge is -2.19. The highest BCUT2D eigenvalue weighted by atomic mass is 16.7. The summed E-state index contributed by atoms with van der Waals surface area (Å²) in [5, 5.41) is 10.4. The fraction of sp³-hybridized carbons (Fsp3) is 0.375. The van der Waals surface area contributed by atoms with E-state index in [1.165, 1.54) is 0 Å². The van der Waals surface area contributed by atoms with Crippen molar-refractivity contribution in [2.75, 3.05) is 13.4 Å². The van der Waals surface area contributed by atoms with Crippen LogP contribution in [0.5, 0.6) is 11.5 Å². The van der Waals surface area contributed by atoms with Crippen LogP contribution in [0.4, 0.5) is 0 Å². The third kappa shape index (κ3) is 6.47. The van der Waals surface area contributed by atoms with Crippen LogP contribution in [0.25, 0.3) is 0 Å². The molecule has 1 aliphatic rings. The molecule has 2 aromatic rings. The smallest absolute Gasteiger partial charge is 0.308 e. The number of esters is 1. The number of ether oxygens (including phenoxy) is 3. The maximum Gasteiger partial charge on any atom is 0.308 e. The van der Waals surface area contributed by atoms with E-state index in [0.717, 1.165) is 24.0 Å². The van der Waals surface area contributed by atoms with Crippen LogP contribution in [0.1, 0.15) is 55.3 Å². The number of carbonyl (C=O) groups is 2. The van der Waals surface area contributed by atoms with Crippen LogP contribution in [0.2, 0.25) is 0 Å². The molecule has 1 atom stereocenters. The summed E-state index contributed by atoms with van der Waals surface area (Å²) in [5.41, 5.74) is 8.07. The van der Waals surface area contributed by atoms with Crippen LogP contribution in [0.15, 0.2) is 42.5 Å². The number of nitrogens with two attached hydrogens (primary N) is 1. The van der Waals surface area contributed by atoms with Crippen molar-refractivity contribution in [3.63, 3.8) is 0 Å². The van der Waals surface area contributed by atoms with Crippen molar-refractivity contribution >= 4 is 17.7 Å². The van der Waals surface area contributed by atoms with E-state index in [-0.39, 0.29) is 37.5 Å². The van der Waals surface area contributed by atoms with Gasteiger partial charge in [-0.2, -0.15) is 0 Å². The quantitative estimate of drug-likeness (QED) is 0.214. The molecule has 1 amide bonds. The van der Waals surface area contributed by atoms with Gasteiger partial charge in [0.1, 0.15) is 5.84 Å². The van der Waals surface area contributed by atoms with Crippen LogP contribution in [-0.2, 0) is 20.7 Å². The molecule has 2 aromatic carbocycles. The molecule has 170 valence electrons. The van der Waals surface area contributed by atoms with E-state index in [2.05, 4.69) is 5.32 Å². The average Bonchev–Trinajstić information content (AvgIpc) is 3.24. The van der Waals surface area contributed by atoms with Gasteiger partial charge in [-0.15, -0.1) is 0 Å². The zero-order valence-corrected chi connectivity index (χ0v) is 18.2. The number of nitrogens with one attached hydrogen (secondary N) is 2. The van der Waals surface area contributed by atoms with Crippen molar-refractivity contribution in [1.29, 1.82) is 5.41 Å². The summed E-state index contributed by atoms with van der Waals surface area (Å²) in [6.07, 6.45) is 2.80. The lowest BCUT2D eigenvalue weighted by atomic mass is 10.0. The van der Waals surface area contributed by atoms with E-state index in [0.29, 0.717) is 29.9 Å². The Kier molecular flexibility index (Phi) is 8.08. The van der Waals surface area contributed by atoms with E-state index in [1.54, 1.807) is 19.1 Å². The summed E-state index contributed by atoms with van der Waals surface area (Å²) in [5.74, 6) is 0.800. The van der Waals surface area contributed by atoms with Gasteiger partial charge in [0.15, 0.2) is 11.5 Å². The largest absolute Gasteiger partial charge is 0.466 e. The first-order valence-electron chi connectivity index (χ1n) is 10.7. The Balaban J connectivity index is 1.52. The highest BCUT2D eigenvalue weighted by Gasteiger charge is 2.22. The Labute approximate surface area is 187 Å². The molecular formula is C24H29N3O5. The molecule has 0 radical (unpaired) electrons. The van der Waals surface area contributed by atoms with Crippen molar-refractivity contribution in [2.24, 2.45) is 5.73 Å². The van der Waals surface area contributed by atoms with Gasteiger partial charge in [-0.3, -0.25) is 15.0 Å². The van der Waals surface area contributed by atoms with Gasteiger partial charge in [0.25, 0.3) is 0 Å². The molecular weight excluding hydrogens is 410 g/mol. The molecule has 0 bridgehead atoms. The topological polar surface area (TPSA) is 124 Å². The molecule has 3 rings (SSSR count). The van der Waals surface area contributed by atoms with Gasteiger partial charge in [-0.25, -0.2) is 0 Å². The number of amidine groups is 1. The number of fused-ring (bicyclic) bond motifs is 1. The molecule has 1 aliphatic heterocycles. The number of amides is 1. The first-order valence-corrected chi connectivity index (χ1v) is 10.7. The van der Waals surface area contributed by atoms with E-state index in [4.69, 9.17) is 25.4 Å². The van der Waals surface area contributed by atoms with Crippen molar-refractivity contribution in [3.8, 4) is 11.5 Å². The minimum Gasteiger partial charge on any atom is -0.466 e. The first-order chi connectivity index (χ1) is 15.5. The lowest BCUT2D eigenvalue weighted by Crippen LogP contribution is -2.30. The SMILES string of the molecule is CCOC(=O)CC(NC(=O)CCCCc1ccc(C(=N)N)cc1)c1ccc2c(c1)OCO2. The monoisotopic (exact) mass is 439 g/mol. The van der Waals surface area contributed by atoms with Crippen molar-refractivity contribution in [1.82, 2.24) is 5.32 Å². The fourth-order valence-corrected chi connectivity index (χ4v) is 3.50. The minimum atomic E-state index is -0.504. The number of aryl methyl sites for hydroxylation is 1. The number of carbonyl (C=O) groups excluding carboxylic acids is 2. The van der Waals surface area contributed by atoms with E-state index < -0.39 is 6.04 Å². The van der Waals surface area contributed by atoms with Gasteiger partial charge < -0.3 is 25.3 Å². The van der Waals surface area contributed by atoms with Crippen molar-refractivity contribution in [3.05, 3.63) is 59.2 Å². The molecule has 32 heavy (non-hydrogen) atoms. The van der Waals surface area contributed by atoms with Crippen LogP contribution >= 0.6 is 0 Å². The predicted molar refractivity (Wildman–Crippen MR) is 120 cm³/mol. The zero-order valence-electron chi connectivity index (χ0n) is 18.2. The standard InChI is InChI=1S/C24H29N3O5/c1-2-30-23(29)14-19(18-11-12-20-21(13-18)32-15-31-20)27-22(28)6-4-3-5-16-7-9-17(10-8-16)24(25)26/h7-13,19H,2-6,14-15H2,1H3,(H3,25,26)(H,27,28). The van der Waals surface area contributed by atoms with Gasteiger partial charge in [-0.05, 0) is 49.4 Å². The van der Waals surface area contributed by atoms with E-state index in [1.807, 2.05) is 30.3 Å². The van der Waals surface area contributed by atoms with Gasteiger partial charge in [-0.1, -0.05) is 30.3 Å². The Morgan fingerprint density at radius 2 is 1.88 bits per heavy atom. The summed E-state index contributed by atoms with van der Waals surface area (Å²) in [7, 11) is 0. The summed E-state index contributed by atoms with van der Waals surface area (Å²) in [6.45, 7) is 2.19. The molecule has 0 saturated carbocycles. The minimum absolute atomic E-state index is 0.0434. The normalized spacial score (nSPS) is 12.8. The highest BCUT2D eigenvalue weighted by molar-refractivity contribution is 5.94. The first kappa shape index (κ1) is 23.1. The third-order valence-corrected chi connectivity index (χ3v) is 5.19. The number of unbranched alkanes of at least 4 members (excludes halogenated alkanes) is 1. The second-order valence-corrected chi connectivity index (χ2v) is 7.56. The summed E-state index contributed by atoms with van der Waals surface area (Å²) >= 11 is 0. The Morgan fingerprint density at radius 3 is 2.59 bits per heavy atom. The molecule has 0 aromatic heterocycles. The number of nitrogen functional groups attached to an aromatic ring is 1. The predicted octanol–water partition coefficient (Wildman–Crippen LogP) is 3.22. The van der Waals surface area contributed by atoms with Crippen LogP contribution in [0, 0.1) is 5.41 Å². The van der Waals surface area contributed by atoms with Crippen LogP contribution in [0.3, 0.4) is 0 Å². The van der Waals surface area contributed by atoms with Gasteiger partial charge >= 0.3 is 5.97 Å². The number of benzene rings is 2. The molecule has 0 aliphatic carbocycles.